The van der Waals surface area contributed by atoms with Gasteiger partial charge < -0.3 is 0 Å². The van der Waals surface area contributed by atoms with E-state index in [-0.39, 0.29) is 17.7 Å². The van der Waals surface area contributed by atoms with E-state index in [9.17, 15) is 14.4 Å². The van der Waals surface area contributed by atoms with E-state index in [0.717, 1.165) is 9.13 Å². The fourth-order valence-electron chi connectivity index (χ4n) is 1.13. The number of hydrogen-bond acceptors (Lipinski definition) is 4. The largest absolute Gasteiger partial charge is 0.330 e. The molecule has 0 saturated heterocycles. The lowest BCUT2D eigenvalue weighted by atomic mass is 10.3. The molecule has 0 aliphatic heterocycles. The third kappa shape index (κ3) is 1.53. The standard InChI is InChI=1S/C7H7N5O3/c1-11-5(9-10-8)4(3-13)6(14)12(2)7(11)15/h3H,1-2H3. The zero-order valence-corrected chi connectivity index (χ0v) is 8.04. The lowest BCUT2D eigenvalue weighted by Crippen LogP contribution is -2.38. The van der Waals surface area contributed by atoms with Crippen LogP contribution in [0.4, 0.5) is 5.82 Å². The van der Waals surface area contributed by atoms with Crippen LogP contribution in [0.15, 0.2) is 14.7 Å². The summed E-state index contributed by atoms with van der Waals surface area (Å²) in [5, 5.41) is 3.14. The molecule has 0 unspecified atom stereocenters. The molecular formula is C7H7N5O3. The maximum absolute atomic E-state index is 11.4. The Morgan fingerprint density at radius 2 is 1.93 bits per heavy atom. The molecule has 0 radical (unpaired) electrons. The lowest BCUT2D eigenvalue weighted by molar-refractivity contribution is 0.112. The van der Waals surface area contributed by atoms with Gasteiger partial charge in [-0.2, -0.15) is 0 Å². The van der Waals surface area contributed by atoms with Gasteiger partial charge in [-0.3, -0.25) is 18.7 Å². The van der Waals surface area contributed by atoms with E-state index in [1.54, 1.807) is 0 Å². The second-order valence-corrected chi connectivity index (χ2v) is 2.75. The summed E-state index contributed by atoms with van der Waals surface area (Å²) < 4.78 is 1.70. The molecule has 0 aliphatic carbocycles. The van der Waals surface area contributed by atoms with Gasteiger partial charge in [-0.05, 0) is 10.6 Å². The molecule has 8 nitrogen and oxygen atoms in total. The van der Waals surface area contributed by atoms with E-state index < -0.39 is 11.2 Å². The van der Waals surface area contributed by atoms with Crippen molar-refractivity contribution in [2.24, 2.45) is 19.2 Å². The van der Waals surface area contributed by atoms with E-state index in [1.165, 1.54) is 14.1 Å². The lowest BCUT2D eigenvalue weighted by Gasteiger charge is -2.06. The van der Waals surface area contributed by atoms with Gasteiger partial charge in [0.1, 0.15) is 11.4 Å². The Hall–Kier alpha value is -2.34. The molecule has 1 aromatic rings. The molecule has 0 atom stereocenters. The first-order valence-corrected chi connectivity index (χ1v) is 3.85. The van der Waals surface area contributed by atoms with Crippen LogP contribution in [0, 0.1) is 0 Å². The Bertz CT molecular complexity index is 576. The molecule has 78 valence electrons. The van der Waals surface area contributed by atoms with Crippen molar-refractivity contribution in [2.45, 2.75) is 0 Å². The zero-order chi connectivity index (χ0) is 11.6. The zero-order valence-electron chi connectivity index (χ0n) is 8.04. The molecule has 0 aromatic carbocycles. The topological polar surface area (TPSA) is 110 Å². The van der Waals surface area contributed by atoms with Crippen molar-refractivity contribution in [3.8, 4) is 0 Å². The van der Waals surface area contributed by atoms with Crippen molar-refractivity contribution in [3.63, 3.8) is 0 Å². The number of rotatable bonds is 2. The van der Waals surface area contributed by atoms with Crippen LogP contribution >= 0.6 is 0 Å². The van der Waals surface area contributed by atoms with E-state index in [0.29, 0.717) is 0 Å². The molecule has 15 heavy (non-hydrogen) atoms. The van der Waals surface area contributed by atoms with Crippen LogP contribution in [0.5, 0.6) is 0 Å². The smallest absolute Gasteiger partial charge is 0.298 e. The predicted molar refractivity (Wildman–Crippen MR) is 51.1 cm³/mol. The highest BCUT2D eigenvalue weighted by Crippen LogP contribution is 2.09. The molecule has 8 heteroatoms. The quantitative estimate of drug-likeness (QED) is 0.292. The van der Waals surface area contributed by atoms with Gasteiger partial charge in [-0.15, -0.1) is 0 Å². The number of nitrogens with zero attached hydrogens (tertiary/aromatic N) is 5. The van der Waals surface area contributed by atoms with Crippen molar-refractivity contribution < 1.29 is 4.79 Å². The maximum Gasteiger partial charge on any atom is 0.330 e. The predicted octanol–water partition coefficient (Wildman–Crippen LogP) is -0.162. The normalized spacial score (nSPS) is 9.47. The second kappa shape index (κ2) is 3.81. The fourth-order valence-corrected chi connectivity index (χ4v) is 1.13. The van der Waals surface area contributed by atoms with Gasteiger partial charge in [0, 0.05) is 19.0 Å². The van der Waals surface area contributed by atoms with Crippen LogP contribution < -0.4 is 11.2 Å². The van der Waals surface area contributed by atoms with E-state index in [4.69, 9.17) is 5.53 Å². The SMILES string of the molecule is Cn1c(N=[N+]=[N-])c(C=O)c(=O)n(C)c1=O. The van der Waals surface area contributed by atoms with Crippen molar-refractivity contribution in [1.82, 2.24) is 9.13 Å². The number of aldehydes is 1. The fraction of sp³-hybridized carbons (Fsp3) is 0.286. The van der Waals surface area contributed by atoms with Crippen molar-refractivity contribution in [2.75, 3.05) is 0 Å². The first-order chi connectivity index (χ1) is 7.04. The van der Waals surface area contributed by atoms with Crippen LogP contribution in [0.1, 0.15) is 10.4 Å². The van der Waals surface area contributed by atoms with Gasteiger partial charge in [0.25, 0.3) is 5.56 Å². The molecule has 1 aromatic heterocycles. The molecule has 0 N–H and O–H groups in total. The van der Waals surface area contributed by atoms with Crippen molar-refractivity contribution in [3.05, 3.63) is 36.8 Å². The average Bonchev–Trinajstić information content (AvgIpc) is 2.24. The molecule has 0 fully saturated rings. The van der Waals surface area contributed by atoms with Gasteiger partial charge in [-0.1, -0.05) is 0 Å². The Morgan fingerprint density at radius 3 is 2.40 bits per heavy atom. The molecular weight excluding hydrogens is 202 g/mol. The highest BCUT2D eigenvalue weighted by molar-refractivity contribution is 5.80. The summed E-state index contributed by atoms with van der Waals surface area (Å²) in [7, 11) is 2.54. The minimum absolute atomic E-state index is 0.256. The van der Waals surface area contributed by atoms with Gasteiger partial charge >= 0.3 is 5.69 Å². The highest BCUT2D eigenvalue weighted by atomic mass is 16.2. The first-order valence-electron chi connectivity index (χ1n) is 3.85. The van der Waals surface area contributed by atoms with E-state index in [2.05, 4.69) is 10.0 Å². The molecule has 0 bridgehead atoms. The van der Waals surface area contributed by atoms with Gasteiger partial charge in [0.15, 0.2) is 6.29 Å². The van der Waals surface area contributed by atoms with Gasteiger partial charge in [0.2, 0.25) is 0 Å². The number of carbonyl (C=O) groups is 1. The number of hydrogen-bond donors (Lipinski definition) is 0. The molecule has 0 amide bonds. The number of aromatic nitrogens is 2. The third-order valence-electron chi connectivity index (χ3n) is 1.92. The average molecular weight is 209 g/mol. The first kappa shape index (κ1) is 10.7. The van der Waals surface area contributed by atoms with E-state index in [1.807, 2.05) is 0 Å². The molecule has 0 saturated carbocycles. The van der Waals surface area contributed by atoms with Crippen LogP contribution in [0.2, 0.25) is 0 Å². The summed E-state index contributed by atoms with van der Waals surface area (Å²) >= 11 is 0. The minimum Gasteiger partial charge on any atom is -0.298 e. The van der Waals surface area contributed by atoms with Crippen LogP contribution in [-0.4, -0.2) is 15.4 Å². The van der Waals surface area contributed by atoms with Gasteiger partial charge in [-0.25, -0.2) is 4.79 Å². The summed E-state index contributed by atoms with van der Waals surface area (Å²) in [4.78, 5) is 35.9. The third-order valence-corrected chi connectivity index (χ3v) is 1.92. The number of carbonyl (C=O) groups excluding carboxylic acids is 1. The summed E-state index contributed by atoms with van der Waals surface area (Å²) in [5.41, 5.74) is 6.46. The van der Waals surface area contributed by atoms with Gasteiger partial charge in [0.05, 0.1) is 0 Å². The molecule has 1 heterocycles. The summed E-state index contributed by atoms with van der Waals surface area (Å²) in [6.45, 7) is 0. The Balaban J connectivity index is 3.95. The molecule has 0 aliphatic rings. The summed E-state index contributed by atoms with van der Waals surface area (Å²) in [6.07, 6.45) is 0.256. The Morgan fingerprint density at radius 1 is 1.33 bits per heavy atom. The van der Waals surface area contributed by atoms with Crippen molar-refractivity contribution >= 4 is 12.1 Å². The molecule has 1 rings (SSSR count). The summed E-state index contributed by atoms with van der Waals surface area (Å²) in [5.74, 6) is -0.277. The summed E-state index contributed by atoms with van der Waals surface area (Å²) in [6, 6.07) is 0. The van der Waals surface area contributed by atoms with Crippen LogP contribution in [0.3, 0.4) is 0 Å². The molecule has 0 spiro atoms. The number of azide groups is 1. The van der Waals surface area contributed by atoms with E-state index >= 15 is 0 Å². The maximum atomic E-state index is 11.4. The minimum atomic E-state index is -0.782. The Labute approximate surface area is 83.0 Å². The Kier molecular flexibility index (Phi) is 2.72. The monoisotopic (exact) mass is 209 g/mol. The second-order valence-electron chi connectivity index (χ2n) is 2.75. The highest BCUT2D eigenvalue weighted by Gasteiger charge is 2.12. The van der Waals surface area contributed by atoms with Crippen LogP contribution in [-0.2, 0) is 14.1 Å². The van der Waals surface area contributed by atoms with Crippen LogP contribution in [0.25, 0.3) is 10.4 Å². The van der Waals surface area contributed by atoms with Crippen molar-refractivity contribution in [1.29, 1.82) is 0 Å².